The van der Waals surface area contributed by atoms with E-state index in [1.165, 1.54) is 0 Å². The fourth-order valence-corrected chi connectivity index (χ4v) is 3.17. The minimum absolute atomic E-state index is 0.158. The molecule has 10 nitrogen and oxygen atoms in total. The molecule has 0 spiro atoms. The highest BCUT2D eigenvalue weighted by Crippen LogP contribution is 2.27. The van der Waals surface area contributed by atoms with Gasteiger partial charge in [-0.1, -0.05) is 30.3 Å². The molecule has 0 radical (unpaired) electrons. The quantitative estimate of drug-likeness (QED) is 0.300. The molecule has 1 aromatic carbocycles. The Morgan fingerprint density at radius 1 is 0.893 bits per heavy atom. The number of hydrogen-bond acceptors (Lipinski definition) is 10. The molecule has 2 fully saturated rings. The van der Waals surface area contributed by atoms with Gasteiger partial charge in [-0.3, -0.25) is 0 Å². The summed E-state index contributed by atoms with van der Waals surface area (Å²) in [6, 6.07) is 9.21. The lowest BCUT2D eigenvalue weighted by Crippen LogP contribution is -2.62. The molecular formula is C18H26O10. The van der Waals surface area contributed by atoms with Gasteiger partial charge < -0.3 is 49.6 Å². The summed E-state index contributed by atoms with van der Waals surface area (Å²) in [5, 5.41) is 59.6. The molecule has 0 aromatic heterocycles. The van der Waals surface area contributed by atoms with E-state index in [0.29, 0.717) is 0 Å². The molecule has 0 aliphatic carbocycles. The second-order valence-electron chi connectivity index (χ2n) is 6.85. The summed E-state index contributed by atoms with van der Waals surface area (Å²) in [7, 11) is 0. The lowest BCUT2D eigenvalue weighted by Gasteiger charge is -2.44. The Morgan fingerprint density at radius 2 is 1.61 bits per heavy atom. The first-order chi connectivity index (χ1) is 13.4. The van der Waals surface area contributed by atoms with Crippen LogP contribution in [0.5, 0.6) is 0 Å². The Bertz CT molecular complexity index is 599. The van der Waals surface area contributed by atoms with Crippen LogP contribution in [0, 0.1) is 0 Å². The third-order valence-electron chi connectivity index (χ3n) is 4.82. The molecule has 2 aliphatic rings. The Hall–Kier alpha value is -1.18. The highest BCUT2D eigenvalue weighted by atomic mass is 16.7. The molecule has 2 heterocycles. The van der Waals surface area contributed by atoms with Crippen molar-refractivity contribution in [3.05, 3.63) is 35.9 Å². The molecule has 158 valence electrons. The molecular weight excluding hydrogens is 376 g/mol. The van der Waals surface area contributed by atoms with E-state index in [2.05, 4.69) is 0 Å². The maximum Gasteiger partial charge on any atom is 0.187 e. The smallest absolute Gasteiger partial charge is 0.187 e. The van der Waals surface area contributed by atoms with E-state index < -0.39 is 61.9 Å². The summed E-state index contributed by atoms with van der Waals surface area (Å²) >= 11 is 0. The summed E-state index contributed by atoms with van der Waals surface area (Å²) in [6.45, 7) is -0.656. The molecule has 1 aromatic rings. The molecule has 3 rings (SSSR count). The topological polar surface area (TPSA) is 158 Å². The molecule has 10 heteroatoms. The van der Waals surface area contributed by atoms with Gasteiger partial charge in [0.15, 0.2) is 12.6 Å². The van der Waals surface area contributed by atoms with Crippen molar-refractivity contribution in [3.8, 4) is 0 Å². The van der Waals surface area contributed by atoms with Crippen LogP contribution in [0.2, 0.25) is 0 Å². The first kappa shape index (κ1) is 21.5. The van der Waals surface area contributed by atoms with Gasteiger partial charge >= 0.3 is 0 Å². The van der Waals surface area contributed by atoms with E-state index in [0.717, 1.165) is 5.56 Å². The molecule has 6 N–H and O–H groups in total. The minimum atomic E-state index is -1.65. The van der Waals surface area contributed by atoms with Gasteiger partial charge in [-0.15, -0.1) is 0 Å². The fourth-order valence-electron chi connectivity index (χ4n) is 3.17. The summed E-state index contributed by atoms with van der Waals surface area (Å²) in [5.74, 6) is 0. The Labute approximate surface area is 161 Å². The highest BCUT2D eigenvalue weighted by molar-refractivity contribution is 5.13. The first-order valence-corrected chi connectivity index (χ1v) is 9.01. The fraction of sp³-hybridized carbons (Fsp3) is 0.667. The molecule has 28 heavy (non-hydrogen) atoms. The van der Waals surface area contributed by atoms with Crippen LogP contribution in [0.1, 0.15) is 5.56 Å². The third kappa shape index (κ3) is 4.69. The number of aliphatic hydroxyl groups is 6. The summed E-state index contributed by atoms with van der Waals surface area (Å²) in [5.41, 5.74) is 0.857. The van der Waals surface area contributed by atoms with Crippen molar-refractivity contribution >= 4 is 0 Å². The number of ether oxygens (including phenoxy) is 4. The zero-order valence-electron chi connectivity index (χ0n) is 15.0. The monoisotopic (exact) mass is 402 g/mol. The van der Waals surface area contributed by atoms with E-state index in [1.807, 2.05) is 30.3 Å². The number of aliphatic hydroxyl groups excluding tert-OH is 6. The second-order valence-corrected chi connectivity index (χ2v) is 6.85. The Balaban J connectivity index is 1.63. The third-order valence-corrected chi connectivity index (χ3v) is 4.82. The molecule has 0 amide bonds. The van der Waals surface area contributed by atoms with Crippen LogP contribution in [0.15, 0.2) is 30.3 Å². The van der Waals surface area contributed by atoms with Crippen LogP contribution in [-0.4, -0.2) is 99.2 Å². The largest absolute Gasteiger partial charge is 0.394 e. The van der Waals surface area contributed by atoms with Crippen LogP contribution in [0.25, 0.3) is 0 Å². The van der Waals surface area contributed by atoms with Crippen molar-refractivity contribution in [2.24, 2.45) is 0 Å². The van der Waals surface area contributed by atoms with E-state index in [4.69, 9.17) is 18.9 Å². The average Bonchev–Trinajstić information content (AvgIpc) is 2.71. The van der Waals surface area contributed by atoms with Crippen molar-refractivity contribution in [2.75, 3.05) is 13.2 Å². The Morgan fingerprint density at radius 3 is 2.29 bits per heavy atom. The Kier molecular flexibility index (Phi) is 7.34. The highest BCUT2D eigenvalue weighted by Gasteiger charge is 2.48. The van der Waals surface area contributed by atoms with Crippen molar-refractivity contribution in [1.82, 2.24) is 0 Å². The van der Waals surface area contributed by atoms with Gasteiger partial charge in [-0.2, -0.15) is 0 Å². The van der Waals surface area contributed by atoms with Gasteiger partial charge in [0, 0.05) is 0 Å². The van der Waals surface area contributed by atoms with Gasteiger partial charge in [-0.05, 0) is 5.56 Å². The van der Waals surface area contributed by atoms with Gasteiger partial charge in [0.2, 0.25) is 0 Å². The van der Waals surface area contributed by atoms with Gasteiger partial charge in [0.1, 0.15) is 42.7 Å². The van der Waals surface area contributed by atoms with Crippen molar-refractivity contribution in [2.45, 2.75) is 61.9 Å². The van der Waals surface area contributed by atoms with E-state index in [1.54, 1.807) is 0 Å². The summed E-state index contributed by atoms with van der Waals surface area (Å²) in [4.78, 5) is 0. The molecule has 0 bridgehead atoms. The van der Waals surface area contributed by atoms with Gasteiger partial charge in [0.05, 0.1) is 19.8 Å². The number of rotatable bonds is 6. The van der Waals surface area contributed by atoms with Crippen molar-refractivity contribution in [3.63, 3.8) is 0 Å². The lowest BCUT2D eigenvalue weighted by atomic mass is 9.98. The SMILES string of the molecule is OC[C@H]1O[C@@H](O[C@@H]2[C@@H](O)[C@H](OCc3ccccc3)OC[C@H]2O)[C@H](O)[C@@H](O)[C@H]1O. The molecule has 9 atom stereocenters. The predicted octanol–water partition coefficient (Wildman–Crippen LogP) is -2.53. The molecule has 0 unspecified atom stereocenters. The van der Waals surface area contributed by atoms with Crippen LogP contribution in [0.3, 0.4) is 0 Å². The molecule has 2 aliphatic heterocycles. The first-order valence-electron chi connectivity index (χ1n) is 9.01. The summed E-state index contributed by atoms with van der Waals surface area (Å²) < 4.78 is 21.6. The van der Waals surface area contributed by atoms with Gasteiger partial charge in [0.25, 0.3) is 0 Å². The average molecular weight is 402 g/mol. The van der Waals surface area contributed by atoms with Crippen LogP contribution < -0.4 is 0 Å². The van der Waals surface area contributed by atoms with Crippen LogP contribution in [0.4, 0.5) is 0 Å². The predicted molar refractivity (Wildman–Crippen MR) is 91.6 cm³/mol. The van der Waals surface area contributed by atoms with E-state index in [-0.39, 0.29) is 13.2 Å². The maximum atomic E-state index is 10.5. The van der Waals surface area contributed by atoms with E-state index in [9.17, 15) is 30.6 Å². The van der Waals surface area contributed by atoms with Crippen molar-refractivity contribution < 1.29 is 49.6 Å². The van der Waals surface area contributed by atoms with Gasteiger partial charge in [-0.25, -0.2) is 0 Å². The molecule has 2 saturated heterocycles. The zero-order valence-corrected chi connectivity index (χ0v) is 15.0. The lowest BCUT2D eigenvalue weighted by molar-refractivity contribution is -0.349. The van der Waals surface area contributed by atoms with Crippen LogP contribution in [-0.2, 0) is 25.6 Å². The summed E-state index contributed by atoms with van der Waals surface area (Å²) in [6.07, 6.45) is -12.5. The minimum Gasteiger partial charge on any atom is -0.394 e. The maximum absolute atomic E-state index is 10.5. The van der Waals surface area contributed by atoms with Crippen LogP contribution >= 0.6 is 0 Å². The van der Waals surface area contributed by atoms with E-state index >= 15 is 0 Å². The molecule has 0 saturated carbocycles. The number of hydrogen-bond donors (Lipinski definition) is 6. The van der Waals surface area contributed by atoms with Crippen molar-refractivity contribution in [1.29, 1.82) is 0 Å². The second kappa shape index (κ2) is 9.55. The number of benzene rings is 1. The zero-order chi connectivity index (χ0) is 20.3. The standard InChI is InChI=1S/C18H26O10/c19-6-11-12(21)13(22)14(23)18(27-11)28-16-10(20)8-26-17(15(16)24)25-7-9-4-2-1-3-5-9/h1-5,10-24H,6-8H2/t10-,11-,12+,13+,14-,15-,16+,17-,18+/m1/s1. The normalized spacial score (nSPS) is 41.7.